The molecule has 0 aliphatic carbocycles. The Bertz CT molecular complexity index is 444. The number of rotatable bonds is 2. The molecule has 0 saturated carbocycles. The van der Waals surface area contributed by atoms with Crippen LogP contribution in [0.5, 0.6) is 0 Å². The second-order valence-electron chi connectivity index (χ2n) is 4.53. The Morgan fingerprint density at radius 1 is 1.18 bits per heavy atom. The minimum Gasteiger partial charge on any atom is -0.309 e. The van der Waals surface area contributed by atoms with Crippen molar-refractivity contribution in [2.45, 2.75) is 24.8 Å². The van der Waals surface area contributed by atoms with Crippen LogP contribution in [0.25, 0.3) is 0 Å². The molecule has 0 bridgehead atoms. The highest BCUT2D eigenvalue weighted by atomic mass is 32.1. The van der Waals surface area contributed by atoms with Gasteiger partial charge in [-0.1, -0.05) is 6.07 Å². The van der Waals surface area contributed by atoms with E-state index in [0.29, 0.717) is 12.0 Å². The molecule has 2 aromatic rings. The Kier molecular flexibility index (Phi) is 3.20. The summed E-state index contributed by atoms with van der Waals surface area (Å²) in [6.07, 6.45) is 6.25. The van der Waals surface area contributed by atoms with Crippen LogP contribution in [0, 0.1) is 0 Å². The van der Waals surface area contributed by atoms with E-state index in [1.165, 1.54) is 23.3 Å². The molecule has 1 N–H and O–H groups in total. The molecule has 2 nitrogen and oxygen atoms in total. The van der Waals surface area contributed by atoms with Gasteiger partial charge in [-0.05, 0) is 42.0 Å². The van der Waals surface area contributed by atoms with Crippen molar-refractivity contribution in [3.63, 3.8) is 0 Å². The van der Waals surface area contributed by atoms with Crippen LogP contribution >= 0.6 is 11.3 Å². The zero-order valence-electron chi connectivity index (χ0n) is 9.67. The Morgan fingerprint density at radius 3 is 2.71 bits per heavy atom. The molecule has 0 radical (unpaired) electrons. The average Bonchev–Trinajstić information content (AvgIpc) is 2.94. The Balaban J connectivity index is 1.65. The molecule has 88 valence electrons. The molecule has 17 heavy (non-hydrogen) atoms. The van der Waals surface area contributed by atoms with Gasteiger partial charge in [0, 0.05) is 35.8 Å². The lowest BCUT2D eigenvalue weighted by Gasteiger charge is -2.29. The monoisotopic (exact) mass is 244 g/mol. The number of hydrogen-bond donors (Lipinski definition) is 1. The third kappa shape index (κ3) is 2.40. The topological polar surface area (TPSA) is 24.9 Å². The first-order valence-corrected chi connectivity index (χ1v) is 6.98. The number of thiophene rings is 1. The molecule has 0 spiro atoms. The fourth-order valence-electron chi connectivity index (χ4n) is 2.50. The molecule has 2 unspecified atom stereocenters. The zero-order valence-corrected chi connectivity index (χ0v) is 10.5. The SMILES string of the molecule is c1csc(C2CCC(c3ccncc3)NC2)c1. The van der Waals surface area contributed by atoms with Crippen molar-refractivity contribution in [3.8, 4) is 0 Å². The first-order chi connectivity index (χ1) is 8.43. The molecule has 3 rings (SSSR count). The molecule has 3 heteroatoms. The average molecular weight is 244 g/mol. The molecule has 0 aromatic carbocycles. The van der Waals surface area contributed by atoms with E-state index in [4.69, 9.17) is 0 Å². The van der Waals surface area contributed by atoms with Gasteiger partial charge in [-0.15, -0.1) is 11.3 Å². The first kappa shape index (κ1) is 10.9. The van der Waals surface area contributed by atoms with E-state index in [0.717, 1.165) is 6.54 Å². The van der Waals surface area contributed by atoms with Gasteiger partial charge in [0.1, 0.15) is 0 Å². The van der Waals surface area contributed by atoms with Crippen LogP contribution in [0.2, 0.25) is 0 Å². The maximum atomic E-state index is 4.07. The highest BCUT2D eigenvalue weighted by Crippen LogP contribution is 2.32. The van der Waals surface area contributed by atoms with Crippen molar-refractivity contribution >= 4 is 11.3 Å². The lowest BCUT2D eigenvalue weighted by molar-refractivity contribution is 0.376. The van der Waals surface area contributed by atoms with Gasteiger partial charge in [0.05, 0.1) is 0 Å². The van der Waals surface area contributed by atoms with E-state index in [2.05, 4.69) is 39.9 Å². The molecule has 0 amide bonds. The molecular weight excluding hydrogens is 228 g/mol. The molecule has 1 saturated heterocycles. The Morgan fingerprint density at radius 2 is 2.06 bits per heavy atom. The summed E-state index contributed by atoms with van der Waals surface area (Å²) in [6.45, 7) is 1.09. The number of nitrogens with zero attached hydrogens (tertiary/aromatic N) is 1. The van der Waals surface area contributed by atoms with Gasteiger partial charge in [0.25, 0.3) is 0 Å². The maximum Gasteiger partial charge on any atom is 0.0321 e. The lowest BCUT2D eigenvalue weighted by atomic mass is 9.90. The lowest BCUT2D eigenvalue weighted by Crippen LogP contribution is -2.31. The van der Waals surface area contributed by atoms with Crippen LogP contribution in [0.3, 0.4) is 0 Å². The fourth-order valence-corrected chi connectivity index (χ4v) is 3.37. The quantitative estimate of drug-likeness (QED) is 0.876. The van der Waals surface area contributed by atoms with Gasteiger partial charge < -0.3 is 5.32 Å². The molecule has 2 aromatic heterocycles. The first-order valence-electron chi connectivity index (χ1n) is 6.10. The summed E-state index contributed by atoms with van der Waals surface area (Å²) in [5, 5.41) is 5.82. The van der Waals surface area contributed by atoms with Crippen molar-refractivity contribution < 1.29 is 0 Å². The Hall–Kier alpha value is -1.19. The van der Waals surface area contributed by atoms with Crippen LogP contribution in [-0.4, -0.2) is 11.5 Å². The van der Waals surface area contributed by atoms with Gasteiger partial charge in [-0.3, -0.25) is 4.98 Å². The predicted octanol–water partition coefficient (Wildman–Crippen LogP) is 3.35. The molecule has 1 aliphatic rings. The van der Waals surface area contributed by atoms with Crippen LogP contribution in [0.1, 0.15) is 35.2 Å². The van der Waals surface area contributed by atoms with E-state index in [9.17, 15) is 0 Å². The smallest absolute Gasteiger partial charge is 0.0321 e. The number of piperidine rings is 1. The van der Waals surface area contributed by atoms with Gasteiger partial charge in [-0.2, -0.15) is 0 Å². The zero-order chi connectivity index (χ0) is 11.5. The number of pyridine rings is 1. The summed E-state index contributed by atoms with van der Waals surface area (Å²) in [5.41, 5.74) is 1.37. The summed E-state index contributed by atoms with van der Waals surface area (Å²) in [6, 6.07) is 9.14. The fraction of sp³-hybridized carbons (Fsp3) is 0.357. The van der Waals surface area contributed by atoms with Gasteiger partial charge in [0.15, 0.2) is 0 Å². The molecule has 1 aliphatic heterocycles. The van der Waals surface area contributed by atoms with Crippen LogP contribution < -0.4 is 5.32 Å². The highest BCUT2D eigenvalue weighted by molar-refractivity contribution is 7.10. The summed E-state index contributed by atoms with van der Waals surface area (Å²) >= 11 is 1.88. The largest absolute Gasteiger partial charge is 0.309 e. The van der Waals surface area contributed by atoms with Crippen molar-refractivity contribution in [1.29, 1.82) is 0 Å². The molecule has 3 heterocycles. The third-order valence-electron chi connectivity index (χ3n) is 3.47. The maximum absolute atomic E-state index is 4.07. The van der Waals surface area contributed by atoms with E-state index in [-0.39, 0.29) is 0 Å². The second-order valence-corrected chi connectivity index (χ2v) is 5.51. The van der Waals surface area contributed by atoms with Crippen LogP contribution in [0.15, 0.2) is 42.0 Å². The van der Waals surface area contributed by atoms with Gasteiger partial charge in [-0.25, -0.2) is 0 Å². The summed E-state index contributed by atoms with van der Waals surface area (Å²) in [4.78, 5) is 5.59. The van der Waals surface area contributed by atoms with Gasteiger partial charge in [0.2, 0.25) is 0 Å². The van der Waals surface area contributed by atoms with Crippen molar-refractivity contribution in [2.75, 3.05) is 6.54 Å². The predicted molar refractivity (Wildman–Crippen MR) is 71.3 cm³/mol. The Labute approximate surface area is 106 Å². The van der Waals surface area contributed by atoms with Crippen molar-refractivity contribution in [1.82, 2.24) is 10.3 Å². The molecule has 1 fully saturated rings. The highest BCUT2D eigenvalue weighted by Gasteiger charge is 2.23. The normalized spacial score (nSPS) is 24.7. The summed E-state index contributed by atoms with van der Waals surface area (Å²) < 4.78 is 0. The van der Waals surface area contributed by atoms with E-state index in [1.54, 1.807) is 0 Å². The summed E-state index contributed by atoms with van der Waals surface area (Å²) in [7, 11) is 0. The van der Waals surface area contributed by atoms with Gasteiger partial charge >= 0.3 is 0 Å². The summed E-state index contributed by atoms with van der Waals surface area (Å²) in [5.74, 6) is 0.702. The van der Waals surface area contributed by atoms with E-state index < -0.39 is 0 Å². The third-order valence-corrected chi connectivity index (χ3v) is 4.50. The number of hydrogen-bond acceptors (Lipinski definition) is 3. The van der Waals surface area contributed by atoms with Crippen molar-refractivity contribution in [3.05, 3.63) is 52.5 Å². The number of nitrogens with one attached hydrogen (secondary N) is 1. The molecular formula is C14H16N2S. The standard InChI is InChI=1S/C14H16N2S/c1-2-14(17-9-1)12-3-4-13(16-10-12)11-5-7-15-8-6-11/h1-2,5-9,12-13,16H,3-4,10H2. The van der Waals surface area contributed by atoms with Crippen LogP contribution in [-0.2, 0) is 0 Å². The molecule has 2 atom stereocenters. The number of aromatic nitrogens is 1. The van der Waals surface area contributed by atoms with E-state index >= 15 is 0 Å². The minimum absolute atomic E-state index is 0.509. The van der Waals surface area contributed by atoms with E-state index in [1.807, 2.05) is 23.7 Å². The van der Waals surface area contributed by atoms with Crippen LogP contribution in [0.4, 0.5) is 0 Å². The van der Waals surface area contributed by atoms with Crippen molar-refractivity contribution in [2.24, 2.45) is 0 Å². The second kappa shape index (κ2) is 4.98. The minimum atomic E-state index is 0.509.